The molecule has 0 aromatic carbocycles. The van der Waals surface area contributed by atoms with Gasteiger partial charge in [-0.2, -0.15) is 5.10 Å². The van der Waals surface area contributed by atoms with Gasteiger partial charge in [0.25, 0.3) is 0 Å². The van der Waals surface area contributed by atoms with Gasteiger partial charge in [-0.15, -0.1) is 6.58 Å². The zero-order valence-corrected chi connectivity index (χ0v) is 10.1. The van der Waals surface area contributed by atoms with Crippen LogP contribution in [0.1, 0.15) is 44.8 Å². The number of hydrogen-bond donors (Lipinski definition) is 0. The molecule has 0 spiro atoms. The first-order valence-electron chi connectivity index (χ1n) is 5.87. The van der Waals surface area contributed by atoms with Crippen molar-refractivity contribution in [3.05, 3.63) is 30.6 Å². The fourth-order valence-corrected chi connectivity index (χ4v) is 1.77. The van der Waals surface area contributed by atoms with Crippen LogP contribution in [0.4, 0.5) is 0 Å². The highest BCUT2D eigenvalue weighted by Gasteiger charge is 2.09. The average molecular weight is 220 g/mol. The van der Waals surface area contributed by atoms with Crippen LogP contribution >= 0.6 is 0 Å². The van der Waals surface area contributed by atoms with E-state index < -0.39 is 0 Å². The Morgan fingerprint density at radius 2 is 2.25 bits per heavy atom. The number of hydrogen-bond acceptors (Lipinski definition) is 2. The highest BCUT2D eigenvalue weighted by molar-refractivity contribution is 5.81. The van der Waals surface area contributed by atoms with Gasteiger partial charge in [-0.3, -0.25) is 9.48 Å². The quantitative estimate of drug-likeness (QED) is 0.662. The van der Waals surface area contributed by atoms with Crippen molar-refractivity contribution in [1.82, 2.24) is 9.78 Å². The Morgan fingerprint density at radius 3 is 2.81 bits per heavy atom. The monoisotopic (exact) mass is 220 g/mol. The van der Waals surface area contributed by atoms with Crippen molar-refractivity contribution < 1.29 is 4.79 Å². The average Bonchev–Trinajstić information content (AvgIpc) is 2.68. The summed E-state index contributed by atoms with van der Waals surface area (Å²) in [6, 6.07) is 2.38. The molecule has 0 amide bonds. The minimum atomic E-state index is 0.171. The summed E-state index contributed by atoms with van der Waals surface area (Å²) in [5.74, 6) is 0.171. The highest BCUT2D eigenvalue weighted by atomic mass is 16.1. The van der Waals surface area contributed by atoms with Crippen molar-refractivity contribution in [2.75, 3.05) is 0 Å². The predicted molar refractivity (Wildman–Crippen MR) is 65.4 cm³/mol. The van der Waals surface area contributed by atoms with Crippen LogP contribution in [-0.2, 0) is 11.2 Å². The molecule has 0 aliphatic rings. The molecule has 0 saturated carbocycles. The molecule has 3 nitrogen and oxygen atoms in total. The maximum Gasteiger partial charge on any atom is 0.142 e. The Bertz CT molecular complexity index is 351. The number of nitrogens with zero attached hydrogens (tertiary/aromatic N) is 2. The van der Waals surface area contributed by atoms with Gasteiger partial charge in [0, 0.05) is 12.6 Å². The van der Waals surface area contributed by atoms with E-state index in [1.165, 1.54) is 0 Å². The molecular weight excluding hydrogens is 200 g/mol. The molecule has 0 N–H and O–H groups in total. The molecule has 0 saturated heterocycles. The maximum atomic E-state index is 11.4. The number of carbonyl (C=O) groups is 1. The molecule has 0 unspecified atom stereocenters. The molecule has 3 heteroatoms. The van der Waals surface area contributed by atoms with E-state index in [0.29, 0.717) is 18.9 Å². The molecule has 0 radical (unpaired) electrons. The fourth-order valence-electron chi connectivity index (χ4n) is 1.77. The molecule has 0 fully saturated rings. The van der Waals surface area contributed by atoms with Gasteiger partial charge in [0.2, 0.25) is 0 Å². The molecule has 1 aromatic heterocycles. The van der Waals surface area contributed by atoms with Gasteiger partial charge < -0.3 is 0 Å². The van der Waals surface area contributed by atoms with Crippen LogP contribution in [-0.4, -0.2) is 15.6 Å². The number of ketones is 1. The number of allylic oxidation sites excluding steroid dienone is 1. The molecule has 88 valence electrons. The van der Waals surface area contributed by atoms with Crippen LogP contribution in [0.25, 0.3) is 0 Å². The van der Waals surface area contributed by atoms with Crippen molar-refractivity contribution in [1.29, 1.82) is 0 Å². The van der Waals surface area contributed by atoms with Crippen LogP contribution in [0.3, 0.4) is 0 Å². The number of carbonyl (C=O) groups excluding carboxylic acids is 1. The topological polar surface area (TPSA) is 34.9 Å². The first kappa shape index (κ1) is 12.7. The Kier molecular flexibility index (Phi) is 4.96. The summed E-state index contributed by atoms with van der Waals surface area (Å²) in [5, 5.41) is 4.44. The molecule has 1 rings (SSSR count). The van der Waals surface area contributed by atoms with Gasteiger partial charge in [-0.05, 0) is 18.9 Å². The third-order valence-corrected chi connectivity index (χ3v) is 2.73. The van der Waals surface area contributed by atoms with Crippen LogP contribution in [0, 0.1) is 0 Å². The van der Waals surface area contributed by atoms with Crippen molar-refractivity contribution in [3.63, 3.8) is 0 Å². The number of Topliss-reactive ketones (excluding diaryl/α,β-unsaturated/α-hetero) is 1. The van der Waals surface area contributed by atoms with Gasteiger partial charge in [-0.1, -0.05) is 19.9 Å². The minimum absolute atomic E-state index is 0.171. The third kappa shape index (κ3) is 3.33. The lowest BCUT2D eigenvalue weighted by atomic mass is 10.2. The SMILES string of the molecule is C=CCC(=O)Cc1ccn(C(CC)CC)n1. The van der Waals surface area contributed by atoms with E-state index in [1.54, 1.807) is 6.08 Å². The predicted octanol–water partition coefficient (Wildman–Crippen LogP) is 2.93. The van der Waals surface area contributed by atoms with Crippen LogP contribution in [0.2, 0.25) is 0 Å². The Balaban J connectivity index is 2.63. The first-order chi connectivity index (χ1) is 7.71. The summed E-state index contributed by atoms with van der Waals surface area (Å²) in [7, 11) is 0. The molecule has 1 aromatic rings. The van der Waals surface area contributed by atoms with Crippen LogP contribution in [0.5, 0.6) is 0 Å². The van der Waals surface area contributed by atoms with Gasteiger partial charge in [-0.25, -0.2) is 0 Å². The van der Waals surface area contributed by atoms with E-state index in [9.17, 15) is 4.79 Å². The highest BCUT2D eigenvalue weighted by Crippen LogP contribution is 2.14. The van der Waals surface area contributed by atoms with E-state index in [1.807, 2.05) is 16.9 Å². The summed E-state index contributed by atoms with van der Waals surface area (Å²) < 4.78 is 1.97. The number of rotatable bonds is 7. The van der Waals surface area contributed by atoms with E-state index >= 15 is 0 Å². The molecule has 0 aliphatic carbocycles. The second-order valence-corrected chi connectivity index (χ2v) is 3.97. The first-order valence-corrected chi connectivity index (χ1v) is 5.87. The van der Waals surface area contributed by atoms with Crippen molar-refractivity contribution in [2.24, 2.45) is 0 Å². The summed E-state index contributed by atoms with van der Waals surface area (Å²) in [4.78, 5) is 11.4. The minimum Gasteiger partial charge on any atom is -0.299 e. The third-order valence-electron chi connectivity index (χ3n) is 2.73. The van der Waals surface area contributed by atoms with E-state index in [-0.39, 0.29) is 5.78 Å². The van der Waals surface area contributed by atoms with Gasteiger partial charge in [0.1, 0.15) is 5.78 Å². The van der Waals surface area contributed by atoms with Gasteiger partial charge in [0.05, 0.1) is 18.2 Å². The van der Waals surface area contributed by atoms with Crippen LogP contribution < -0.4 is 0 Å². The normalized spacial score (nSPS) is 10.7. The van der Waals surface area contributed by atoms with E-state index in [0.717, 1.165) is 18.5 Å². The molecule has 1 heterocycles. The Hall–Kier alpha value is -1.38. The Morgan fingerprint density at radius 1 is 1.56 bits per heavy atom. The standard InChI is InChI=1S/C13H20N2O/c1-4-7-13(16)10-11-8-9-15(14-11)12(5-2)6-3/h4,8-9,12H,1,5-7,10H2,2-3H3. The van der Waals surface area contributed by atoms with Crippen molar-refractivity contribution in [3.8, 4) is 0 Å². The zero-order valence-electron chi connectivity index (χ0n) is 10.1. The zero-order chi connectivity index (χ0) is 12.0. The van der Waals surface area contributed by atoms with Gasteiger partial charge >= 0.3 is 0 Å². The molecule has 0 atom stereocenters. The second kappa shape index (κ2) is 6.26. The summed E-state index contributed by atoms with van der Waals surface area (Å²) >= 11 is 0. The Labute approximate surface area is 97.2 Å². The largest absolute Gasteiger partial charge is 0.299 e. The van der Waals surface area contributed by atoms with Gasteiger partial charge in [0.15, 0.2) is 0 Å². The van der Waals surface area contributed by atoms with Crippen molar-refractivity contribution >= 4 is 5.78 Å². The van der Waals surface area contributed by atoms with Crippen molar-refractivity contribution in [2.45, 2.75) is 45.6 Å². The summed E-state index contributed by atoms with van der Waals surface area (Å²) in [6.07, 6.45) is 6.59. The molecular formula is C13H20N2O. The molecule has 16 heavy (non-hydrogen) atoms. The second-order valence-electron chi connectivity index (χ2n) is 3.97. The smallest absolute Gasteiger partial charge is 0.142 e. The molecule has 0 bridgehead atoms. The van der Waals surface area contributed by atoms with Crippen LogP contribution in [0.15, 0.2) is 24.9 Å². The van der Waals surface area contributed by atoms with E-state index in [4.69, 9.17) is 0 Å². The lowest BCUT2D eigenvalue weighted by Crippen LogP contribution is -2.09. The fraction of sp³-hybridized carbons (Fsp3) is 0.538. The molecule has 0 aliphatic heterocycles. The lowest BCUT2D eigenvalue weighted by molar-refractivity contribution is -0.117. The maximum absolute atomic E-state index is 11.4. The summed E-state index contributed by atoms with van der Waals surface area (Å²) in [5.41, 5.74) is 0.860. The number of aromatic nitrogens is 2. The van der Waals surface area contributed by atoms with E-state index in [2.05, 4.69) is 25.5 Å². The summed E-state index contributed by atoms with van der Waals surface area (Å²) in [6.45, 7) is 7.86. The lowest BCUT2D eigenvalue weighted by Gasteiger charge is -2.12.